The zero-order valence-electron chi connectivity index (χ0n) is 24.7. The number of aryl methyl sites for hydroxylation is 1. The van der Waals surface area contributed by atoms with Crippen LogP contribution >= 0.6 is 0 Å². The third-order valence-electron chi connectivity index (χ3n) is 7.77. The van der Waals surface area contributed by atoms with Gasteiger partial charge < -0.3 is 15.0 Å². The van der Waals surface area contributed by atoms with Crippen molar-refractivity contribution < 1.29 is 22.7 Å². The number of sulfonamides is 1. The maximum absolute atomic E-state index is 13.9. The minimum Gasteiger partial charge on any atom is -0.489 e. The van der Waals surface area contributed by atoms with E-state index in [1.165, 1.54) is 11.3 Å². The summed E-state index contributed by atoms with van der Waals surface area (Å²) in [6.45, 7) is 3.79. The van der Waals surface area contributed by atoms with E-state index in [4.69, 9.17) is 4.74 Å². The third-order valence-corrected chi connectivity index (χ3v) is 8.91. The molecule has 3 aromatic rings. The molecule has 42 heavy (non-hydrogen) atoms. The lowest BCUT2D eigenvalue weighted by molar-refractivity contribution is -0.139. The molecule has 0 radical (unpaired) electrons. The van der Waals surface area contributed by atoms with Gasteiger partial charge in [-0.2, -0.15) is 0 Å². The average molecular weight is 592 g/mol. The molecule has 0 saturated heterocycles. The molecule has 1 N–H and O–H groups in total. The zero-order valence-corrected chi connectivity index (χ0v) is 25.5. The van der Waals surface area contributed by atoms with Gasteiger partial charge in [0, 0.05) is 12.6 Å². The molecule has 2 amide bonds. The van der Waals surface area contributed by atoms with Gasteiger partial charge in [0.15, 0.2) is 0 Å². The number of rotatable bonds is 12. The van der Waals surface area contributed by atoms with E-state index in [1.54, 1.807) is 31.2 Å². The molecule has 0 bridgehead atoms. The maximum Gasteiger partial charge on any atom is 0.244 e. The van der Waals surface area contributed by atoms with Crippen LogP contribution in [0.1, 0.15) is 55.7 Å². The monoisotopic (exact) mass is 591 g/mol. The number of ether oxygens (including phenoxy) is 1. The second kappa shape index (κ2) is 14.4. The molecule has 0 spiro atoms. The molecule has 4 rings (SSSR count). The van der Waals surface area contributed by atoms with Gasteiger partial charge in [0.1, 0.15) is 24.9 Å². The lowest BCUT2D eigenvalue weighted by Crippen LogP contribution is -2.53. The second-order valence-corrected chi connectivity index (χ2v) is 12.9. The van der Waals surface area contributed by atoms with Crippen LogP contribution in [0.15, 0.2) is 78.9 Å². The van der Waals surface area contributed by atoms with E-state index >= 15 is 0 Å². The van der Waals surface area contributed by atoms with E-state index in [-0.39, 0.29) is 18.5 Å². The number of hydrogen-bond donors (Lipinski definition) is 1. The van der Waals surface area contributed by atoms with Crippen LogP contribution in [0, 0.1) is 6.92 Å². The van der Waals surface area contributed by atoms with Gasteiger partial charge in [-0.15, -0.1) is 0 Å². The summed E-state index contributed by atoms with van der Waals surface area (Å²) in [5.41, 5.74) is 3.24. The molecule has 3 aromatic carbocycles. The lowest BCUT2D eigenvalue weighted by Gasteiger charge is -2.33. The number of nitrogens with one attached hydrogen (secondary N) is 1. The van der Waals surface area contributed by atoms with E-state index in [0.29, 0.717) is 18.0 Å². The summed E-state index contributed by atoms with van der Waals surface area (Å²) in [4.78, 5) is 28.7. The smallest absolute Gasteiger partial charge is 0.244 e. The molecule has 1 aliphatic carbocycles. The highest BCUT2D eigenvalue weighted by atomic mass is 32.2. The fourth-order valence-corrected chi connectivity index (χ4v) is 6.04. The number of carbonyl (C=O) groups is 2. The van der Waals surface area contributed by atoms with Crippen LogP contribution in [0.3, 0.4) is 0 Å². The fraction of sp³-hybridized carbons (Fsp3) is 0.394. The van der Waals surface area contributed by atoms with E-state index < -0.39 is 28.5 Å². The Kier molecular flexibility index (Phi) is 10.6. The van der Waals surface area contributed by atoms with Crippen LogP contribution in [0.5, 0.6) is 5.75 Å². The molecule has 0 aliphatic heterocycles. The van der Waals surface area contributed by atoms with Gasteiger partial charge in [-0.25, -0.2) is 8.42 Å². The predicted molar refractivity (Wildman–Crippen MR) is 166 cm³/mol. The summed E-state index contributed by atoms with van der Waals surface area (Å²) < 4.78 is 32.7. The highest BCUT2D eigenvalue weighted by Gasteiger charge is 2.31. The zero-order chi connectivity index (χ0) is 30.1. The van der Waals surface area contributed by atoms with Crippen LogP contribution in [-0.2, 0) is 32.8 Å². The molecule has 0 aromatic heterocycles. The number of anilines is 1. The first-order valence-electron chi connectivity index (χ1n) is 14.5. The Labute approximate surface area is 249 Å². The van der Waals surface area contributed by atoms with Gasteiger partial charge in [0.05, 0.1) is 11.9 Å². The van der Waals surface area contributed by atoms with Gasteiger partial charge >= 0.3 is 0 Å². The van der Waals surface area contributed by atoms with Gasteiger partial charge in [-0.1, -0.05) is 73.9 Å². The number of benzene rings is 3. The standard InChI is InChI=1S/C33H41N3O5S/c1-25-12-10-11-15-28(25)22-35(26(2)33(38)34-29-16-8-5-9-17-29)32(37)23-36(42(3,39)40)30-18-20-31(21-19-30)41-24-27-13-6-4-7-14-27/h4,6-7,10-15,18-21,26,29H,5,8-9,16-17,22-24H2,1-3H3,(H,34,38)/t26-/m1/s1. The molecule has 1 fully saturated rings. The quantitative estimate of drug-likeness (QED) is 0.312. The van der Waals surface area contributed by atoms with Crippen molar-refractivity contribution in [2.24, 2.45) is 0 Å². The summed E-state index contributed by atoms with van der Waals surface area (Å²) in [5.74, 6) is -0.106. The van der Waals surface area contributed by atoms with Crippen LogP contribution < -0.4 is 14.4 Å². The molecule has 1 saturated carbocycles. The van der Waals surface area contributed by atoms with Crippen LogP contribution in [0.4, 0.5) is 5.69 Å². The first-order chi connectivity index (χ1) is 20.1. The number of hydrogen-bond acceptors (Lipinski definition) is 5. The maximum atomic E-state index is 13.9. The van der Waals surface area contributed by atoms with Gasteiger partial charge in [-0.3, -0.25) is 13.9 Å². The largest absolute Gasteiger partial charge is 0.489 e. The molecular formula is C33H41N3O5S. The Morgan fingerprint density at radius 3 is 2.21 bits per heavy atom. The van der Waals surface area contributed by atoms with Crippen molar-refractivity contribution in [3.63, 3.8) is 0 Å². The van der Waals surface area contributed by atoms with Crippen molar-refractivity contribution >= 4 is 27.5 Å². The summed E-state index contributed by atoms with van der Waals surface area (Å²) in [5, 5.41) is 3.12. The first-order valence-corrected chi connectivity index (χ1v) is 16.4. The normalized spacial score (nSPS) is 14.5. The Morgan fingerprint density at radius 1 is 0.929 bits per heavy atom. The van der Waals surface area contributed by atoms with Crippen molar-refractivity contribution in [2.75, 3.05) is 17.1 Å². The summed E-state index contributed by atoms with van der Waals surface area (Å²) >= 11 is 0. The van der Waals surface area contributed by atoms with Gasteiger partial charge in [0.25, 0.3) is 0 Å². The first kappa shape index (κ1) is 31.1. The van der Waals surface area contributed by atoms with Crippen molar-refractivity contribution in [3.8, 4) is 5.75 Å². The van der Waals surface area contributed by atoms with Crippen molar-refractivity contribution in [1.82, 2.24) is 10.2 Å². The highest BCUT2D eigenvalue weighted by molar-refractivity contribution is 7.92. The topological polar surface area (TPSA) is 96.0 Å². The molecular weight excluding hydrogens is 550 g/mol. The van der Waals surface area contributed by atoms with Gasteiger partial charge in [0.2, 0.25) is 21.8 Å². The van der Waals surface area contributed by atoms with Crippen molar-refractivity contribution in [2.45, 2.75) is 71.2 Å². The highest BCUT2D eigenvalue weighted by Crippen LogP contribution is 2.24. The number of amides is 2. The molecule has 8 nitrogen and oxygen atoms in total. The number of carbonyl (C=O) groups excluding carboxylic acids is 2. The molecule has 0 heterocycles. The van der Waals surface area contributed by atoms with Crippen LogP contribution in [-0.4, -0.2) is 50.0 Å². The van der Waals surface area contributed by atoms with Gasteiger partial charge in [-0.05, 0) is 67.6 Å². The minimum absolute atomic E-state index is 0.0965. The minimum atomic E-state index is -3.82. The Bertz CT molecular complexity index is 1440. The summed E-state index contributed by atoms with van der Waals surface area (Å²) in [7, 11) is -3.82. The Morgan fingerprint density at radius 2 is 1.57 bits per heavy atom. The average Bonchev–Trinajstić information content (AvgIpc) is 2.99. The fourth-order valence-electron chi connectivity index (χ4n) is 5.19. The van der Waals surface area contributed by atoms with E-state index in [2.05, 4.69) is 5.32 Å². The molecule has 0 unspecified atom stereocenters. The van der Waals surface area contributed by atoms with Crippen molar-refractivity contribution in [3.05, 3.63) is 95.6 Å². The molecule has 224 valence electrons. The van der Waals surface area contributed by atoms with E-state index in [9.17, 15) is 18.0 Å². The SMILES string of the molecule is Cc1ccccc1CN(C(=O)CN(c1ccc(OCc2ccccc2)cc1)S(C)(=O)=O)[C@H](C)C(=O)NC1CCCCC1. The Hall–Kier alpha value is -3.85. The number of nitrogens with zero attached hydrogens (tertiary/aromatic N) is 2. The molecule has 9 heteroatoms. The molecule has 1 aliphatic rings. The summed E-state index contributed by atoms with van der Waals surface area (Å²) in [6, 6.07) is 23.4. The van der Waals surface area contributed by atoms with E-state index in [0.717, 1.165) is 52.9 Å². The van der Waals surface area contributed by atoms with Crippen molar-refractivity contribution in [1.29, 1.82) is 0 Å². The molecule has 1 atom stereocenters. The second-order valence-electron chi connectivity index (χ2n) is 11.0. The van der Waals surface area contributed by atoms with Crippen LogP contribution in [0.25, 0.3) is 0 Å². The lowest BCUT2D eigenvalue weighted by atomic mass is 9.95. The third kappa shape index (κ3) is 8.58. The summed E-state index contributed by atoms with van der Waals surface area (Å²) in [6.07, 6.45) is 6.25. The Balaban J connectivity index is 1.52. The predicted octanol–water partition coefficient (Wildman–Crippen LogP) is 5.21. The van der Waals surface area contributed by atoms with Crippen LogP contribution in [0.2, 0.25) is 0 Å². The van der Waals surface area contributed by atoms with E-state index in [1.807, 2.05) is 61.5 Å².